The van der Waals surface area contributed by atoms with E-state index in [2.05, 4.69) is 5.32 Å². The van der Waals surface area contributed by atoms with Gasteiger partial charge in [0, 0.05) is 5.56 Å². The van der Waals surface area contributed by atoms with Crippen LogP contribution in [0.3, 0.4) is 0 Å². The second kappa shape index (κ2) is 12.2. The number of ether oxygens (including phenoxy) is 3. The summed E-state index contributed by atoms with van der Waals surface area (Å²) in [7, 11) is 1.53. The van der Waals surface area contributed by atoms with Gasteiger partial charge in [-0.25, -0.2) is 0 Å². The molecule has 4 rings (SSSR count). The number of hydrogen-bond donors (Lipinski definition) is 1. The highest BCUT2D eigenvalue weighted by molar-refractivity contribution is 7.80. The molecule has 1 saturated heterocycles. The summed E-state index contributed by atoms with van der Waals surface area (Å²) >= 11 is 36.3. The number of carbonyl (C=O) groups is 1. The van der Waals surface area contributed by atoms with Crippen molar-refractivity contribution in [2.24, 2.45) is 0 Å². The molecule has 1 N–H and O–H groups in total. The second-order valence-electron chi connectivity index (χ2n) is 7.81. The van der Waals surface area contributed by atoms with Crippen LogP contribution in [0.5, 0.6) is 17.2 Å². The Morgan fingerprint density at radius 2 is 1.55 bits per heavy atom. The van der Waals surface area contributed by atoms with Crippen molar-refractivity contribution in [3.63, 3.8) is 0 Å². The van der Waals surface area contributed by atoms with Crippen LogP contribution in [0.1, 0.15) is 18.1 Å². The lowest BCUT2D eigenvalue weighted by atomic mass is 10.1. The van der Waals surface area contributed by atoms with Crippen LogP contribution >= 0.6 is 70.2 Å². The van der Waals surface area contributed by atoms with Crippen molar-refractivity contribution in [1.82, 2.24) is 5.32 Å². The minimum atomic E-state index is -0.295. The van der Waals surface area contributed by atoms with Crippen molar-refractivity contribution < 1.29 is 19.0 Å². The largest absolute Gasteiger partial charge is 0.496 e. The normalized spacial score (nSPS) is 14.2. The van der Waals surface area contributed by atoms with E-state index >= 15 is 0 Å². The average molecular weight is 633 g/mol. The van der Waals surface area contributed by atoms with E-state index in [1.165, 1.54) is 12.0 Å². The summed E-state index contributed by atoms with van der Waals surface area (Å²) < 4.78 is 16.8. The minimum Gasteiger partial charge on any atom is -0.496 e. The molecule has 0 spiro atoms. The molecule has 1 amide bonds. The highest BCUT2D eigenvalue weighted by atomic mass is 35.5. The molecule has 0 bridgehead atoms. The Morgan fingerprint density at radius 1 is 0.921 bits per heavy atom. The summed E-state index contributed by atoms with van der Waals surface area (Å²) in [4.78, 5) is 14.6. The van der Waals surface area contributed by atoms with Gasteiger partial charge in [0.25, 0.3) is 5.91 Å². The van der Waals surface area contributed by atoms with Gasteiger partial charge in [-0.2, -0.15) is 0 Å². The Bertz CT molecular complexity index is 1420. The molecule has 3 aromatic rings. The van der Waals surface area contributed by atoms with E-state index in [0.717, 1.165) is 0 Å². The molecule has 1 heterocycles. The Morgan fingerprint density at radius 3 is 2.16 bits per heavy atom. The molecule has 6 nitrogen and oxygen atoms in total. The third-order valence-electron chi connectivity index (χ3n) is 5.44. The van der Waals surface area contributed by atoms with Crippen LogP contribution in [0.2, 0.25) is 25.1 Å². The summed E-state index contributed by atoms with van der Waals surface area (Å²) in [5.41, 5.74) is 2.27. The molecule has 3 aromatic carbocycles. The third-order valence-corrected chi connectivity index (χ3v) is 7.97. The standard InChI is InChI=1S/C26H19Cl5N2O4S/c1-3-36-16-7-5-15(6-8-16)33-25(34)17(32-26(33)38)11-13-4-9-18(35-2)14(10-13)12-37-24-22(30)20(28)19(27)21(29)23(24)31/h4-11H,3,12H2,1-2H3,(H,32,38)/b17-11+. The summed E-state index contributed by atoms with van der Waals surface area (Å²) in [6, 6.07) is 12.4. The number of anilines is 1. The van der Waals surface area contributed by atoms with Crippen LogP contribution in [0.4, 0.5) is 5.69 Å². The Kier molecular flexibility index (Phi) is 9.19. The molecule has 0 saturated carbocycles. The predicted octanol–water partition coefficient (Wildman–Crippen LogP) is 8.20. The van der Waals surface area contributed by atoms with Gasteiger partial charge in [-0.3, -0.25) is 9.69 Å². The maximum absolute atomic E-state index is 13.2. The number of nitrogens with one attached hydrogen (secondary N) is 1. The van der Waals surface area contributed by atoms with Crippen LogP contribution in [0.25, 0.3) is 6.08 Å². The summed E-state index contributed by atoms with van der Waals surface area (Å²) in [5, 5.41) is 3.41. The Labute approximate surface area is 249 Å². The zero-order valence-corrected chi connectivity index (χ0v) is 24.5. The van der Waals surface area contributed by atoms with E-state index in [-0.39, 0.29) is 48.5 Å². The van der Waals surface area contributed by atoms with Crippen LogP contribution < -0.4 is 24.4 Å². The van der Waals surface area contributed by atoms with Crippen molar-refractivity contribution in [1.29, 1.82) is 0 Å². The molecule has 0 atom stereocenters. The van der Waals surface area contributed by atoms with E-state index in [9.17, 15) is 4.79 Å². The predicted molar refractivity (Wildman–Crippen MR) is 158 cm³/mol. The van der Waals surface area contributed by atoms with Crippen LogP contribution in [0, 0.1) is 0 Å². The van der Waals surface area contributed by atoms with Crippen molar-refractivity contribution in [2.45, 2.75) is 13.5 Å². The monoisotopic (exact) mass is 630 g/mol. The van der Waals surface area contributed by atoms with Crippen molar-refractivity contribution >= 4 is 93.0 Å². The molecule has 1 aliphatic heterocycles. The molecule has 1 aliphatic rings. The summed E-state index contributed by atoms with van der Waals surface area (Å²) in [6.07, 6.45) is 1.68. The fraction of sp³-hybridized carbons (Fsp3) is 0.154. The maximum atomic E-state index is 13.2. The van der Waals surface area contributed by atoms with E-state index < -0.39 is 0 Å². The van der Waals surface area contributed by atoms with Gasteiger partial charge in [-0.15, -0.1) is 0 Å². The molecule has 1 fully saturated rings. The first-order valence-corrected chi connectivity index (χ1v) is 13.4. The molecular formula is C26H19Cl5N2O4S. The zero-order chi connectivity index (χ0) is 27.6. The third kappa shape index (κ3) is 5.78. The Hall–Kier alpha value is -2.39. The number of nitrogens with zero attached hydrogens (tertiary/aromatic N) is 1. The van der Waals surface area contributed by atoms with Gasteiger partial charge in [-0.05, 0) is 67.2 Å². The number of carbonyl (C=O) groups excluding carboxylic acids is 1. The van der Waals surface area contributed by atoms with E-state index in [4.69, 9.17) is 84.4 Å². The van der Waals surface area contributed by atoms with Gasteiger partial charge < -0.3 is 19.5 Å². The molecule has 0 aliphatic carbocycles. The first-order valence-electron chi connectivity index (χ1n) is 11.1. The molecule has 0 aromatic heterocycles. The van der Waals surface area contributed by atoms with Crippen LogP contribution in [-0.2, 0) is 11.4 Å². The quantitative estimate of drug-likeness (QED) is 0.117. The number of methoxy groups -OCH3 is 1. The van der Waals surface area contributed by atoms with Gasteiger partial charge >= 0.3 is 0 Å². The van der Waals surface area contributed by atoms with Gasteiger partial charge in [-0.1, -0.05) is 64.1 Å². The topological polar surface area (TPSA) is 60.0 Å². The van der Waals surface area contributed by atoms with Crippen molar-refractivity contribution in [3.8, 4) is 17.2 Å². The molecular weight excluding hydrogens is 614 g/mol. The first-order chi connectivity index (χ1) is 18.2. The van der Waals surface area contributed by atoms with Crippen LogP contribution in [-0.4, -0.2) is 24.7 Å². The Balaban J connectivity index is 1.58. The number of benzene rings is 3. The lowest BCUT2D eigenvalue weighted by Crippen LogP contribution is -2.30. The maximum Gasteiger partial charge on any atom is 0.281 e. The number of amides is 1. The molecule has 198 valence electrons. The summed E-state index contributed by atoms with van der Waals surface area (Å²) in [6.45, 7) is 2.45. The number of halogens is 5. The van der Waals surface area contributed by atoms with E-state index in [0.29, 0.717) is 40.6 Å². The number of thiocarbonyl (C=S) groups is 1. The van der Waals surface area contributed by atoms with Gasteiger partial charge in [0.1, 0.15) is 33.8 Å². The minimum absolute atomic E-state index is 0.00596. The van der Waals surface area contributed by atoms with E-state index in [1.54, 1.807) is 48.5 Å². The van der Waals surface area contributed by atoms with Gasteiger partial charge in [0.05, 0.1) is 34.5 Å². The highest BCUT2D eigenvalue weighted by Gasteiger charge is 2.32. The van der Waals surface area contributed by atoms with E-state index in [1.807, 2.05) is 6.92 Å². The van der Waals surface area contributed by atoms with Crippen molar-refractivity contribution in [2.75, 3.05) is 18.6 Å². The highest BCUT2D eigenvalue weighted by Crippen LogP contribution is 2.48. The lowest BCUT2D eigenvalue weighted by Gasteiger charge is -2.15. The fourth-order valence-corrected chi connectivity index (χ4v) is 5.19. The smallest absolute Gasteiger partial charge is 0.281 e. The van der Waals surface area contributed by atoms with Crippen molar-refractivity contribution in [3.05, 3.63) is 84.4 Å². The molecule has 0 unspecified atom stereocenters. The zero-order valence-electron chi connectivity index (χ0n) is 19.9. The van der Waals surface area contributed by atoms with Gasteiger partial charge in [0.2, 0.25) is 0 Å². The molecule has 38 heavy (non-hydrogen) atoms. The number of rotatable bonds is 8. The lowest BCUT2D eigenvalue weighted by molar-refractivity contribution is -0.113. The number of hydrogen-bond acceptors (Lipinski definition) is 5. The second-order valence-corrected chi connectivity index (χ2v) is 10.1. The molecule has 12 heteroatoms. The van der Waals surface area contributed by atoms with Gasteiger partial charge in [0.15, 0.2) is 10.9 Å². The van der Waals surface area contributed by atoms with Crippen LogP contribution in [0.15, 0.2) is 48.2 Å². The summed E-state index contributed by atoms with van der Waals surface area (Å²) in [5.74, 6) is 1.04. The molecule has 0 radical (unpaired) electrons. The fourth-order valence-electron chi connectivity index (χ4n) is 3.66. The average Bonchev–Trinajstić information content (AvgIpc) is 3.19. The first kappa shape index (κ1) is 28.6. The SMILES string of the molecule is CCOc1ccc(N2C(=O)/C(=C\c3ccc(OC)c(COc4c(Cl)c(Cl)c(Cl)c(Cl)c4Cl)c3)NC2=S)cc1.